The molecule has 86 heavy (non-hydrogen) atoms. The number of para-hydroxylation sites is 1. The van der Waals surface area contributed by atoms with Crippen LogP contribution < -0.4 is 42.5 Å². The number of hydrogen-bond acceptors (Lipinski definition) is 6. The van der Waals surface area contributed by atoms with Crippen molar-refractivity contribution in [2.45, 2.75) is 39.3 Å². The van der Waals surface area contributed by atoms with Gasteiger partial charge in [0.1, 0.15) is 11.6 Å². The summed E-state index contributed by atoms with van der Waals surface area (Å²) in [5.41, 5.74) is 13.0. The van der Waals surface area contributed by atoms with Gasteiger partial charge in [-0.1, -0.05) is 127 Å². The quantitative estimate of drug-likeness (QED) is 0.0356. The van der Waals surface area contributed by atoms with E-state index in [0.29, 0.717) is 84.8 Å². The summed E-state index contributed by atoms with van der Waals surface area (Å²) in [6.45, 7) is 3.68. The average molecular weight is 1150 g/mol. The first-order valence-corrected chi connectivity index (χ1v) is 27.9. The Morgan fingerprint density at radius 1 is 0.244 bits per heavy atom. The number of amides is 8. The highest BCUT2D eigenvalue weighted by molar-refractivity contribution is 6.02. The van der Waals surface area contributed by atoms with Crippen molar-refractivity contribution in [2.75, 3.05) is 42.5 Å². The molecule has 0 aliphatic rings. The molecule has 10 aromatic carbocycles. The third kappa shape index (κ3) is 18.0. The van der Waals surface area contributed by atoms with Gasteiger partial charge in [-0.2, -0.15) is 0 Å². The van der Waals surface area contributed by atoms with Crippen LogP contribution in [0.1, 0.15) is 33.4 Å². The van der Waals surface area contributed by atoms with Gasteiger partial charge in [0.2, 0.25) is 0 Å². The maximum absolute atomic E-state index is 13.5. The lowest BCUT2D eigenvalue weighted by Gasteiger charge is -2.23. The second-order valence-electron chi connectivity index (χ2n) is 20.5. The second-order valence-corrected chi connectivity index (χ2v) is 20.5. The minimum atomic E-state index is -0.457. The fourth-order valence-corrected chi connectivity index (χ4v) is 9.63. The van der Waals surface area contributed by atoms with Crippen LogP contribution in [0.2, 0.25) is 0 Å². The van der Waals surface area contributed by atoms with Crippen molar-refractivity contribution in [3.05, 3.63) is 300 Å². The molecule has 14 nitrogen and oxygen atoms in total. The van der Waals surface area contributed by atoms with E-state index in [1.54, 1.807) is 0 Å². The number of benzene rings is 10. The number of rotatable bonds is 21. The zero-order valence-corrected chi connectivity index (χ0v) is 46.8. The van der Waals surface area contributed by atoms with Gasteiger partial charge >= 0.3 is 24.1 Å². The molecule has 8 amide bonds. The first-order chi connectivity index (χ1) is 41.9. The van der Waals surface area contributed by atoms with Crippen LogP contribution >= 0.6 is 0 Å². The number of carbonyl (C=O) groups excluding carboxylic acids is 4. The van der Waals surface area contributed by atoms with Gasteiger partial charge in [0.05, 0.1) is 0 Å². The molecule has 16 heteroatoms. The lowest BCUT2D eigenvalue weighted by Crippen LogP contribution is -2.23. The van der Waals surface area contributed by atoms with Crippen LogP contribution in [-0.2, 0) is 39.3 Å². The molecule has 0 atom stereocenters. The summed E-state index contributed by atoms with van der Waals surface area (Å²) in [4.78, 5) is 56.2. The van der Waals surface area contributed by atoms with Crippen LogP contribution in [0.4, 0.5) is 73.5 Å². The minimum Gasteiger partial charge on any atom is -0.308 e. The lowest BCUT2D eigenvalue weighted by molar-refractivity contribution is 0.247. The molecule has 0 aliphatic carbocycles. The van der Waals surface area contributed by atoms with Crippen molar-refractivity contribution in [3.63, 3.8) is 0 Å². The number of nitrogens with zero attached hydrogens (tertiary/aromatic N) is 2. The van der Waals surface area contributed by atoms with Gasteiger partial charge < -0.3 is 42.5 Å². The smallest absolute Gasteiger partial charge is 0.308 e. The molecule has 0 spiro atoms. The van der Waals surface area contributed by atoms with Crippen molar-refractivity contribution in [1.29, 1.82) is 0 Å². The predicted octanol–water partition coefficient (Wildman–Crippen LogP) is 16.6. The maximum Gasteiger partial charge on any atom is 0.323 e. The normalized spacial score (nSPS) is 10.9. The monoisotopic (exact) mass is 1140 g/mol. The highest BCUT2D eigenvalue weighted by Crippen LogP contribution is 2.27. The van der Waals surface area contributed by atoms with Crippen molar-refractivity contribution >= 4 is 69.6 Å². The summed E-state index contributed by atoms with van der Waals surface area (Å²) in [6.07, 6.45) is 0. The Balaban J connectivity index is 0.763. The average Bonchev–Trinajstić information content (AvgIpc) is 3.68. The van der Waals surface area contributed by atoms with Crippen LogP contribution in [0, 0.1) is 11.6 Å². The molecule has 430 valence electrons. The van der Waals surface area contributed by atoms with E-state index in [1.165, 1.54) is 54.1 Å². The Kier molecular flexibility index (Phi) is 19.5. The summed E-state index contributed by atoms with van der Waals surface area (Å²) in [7, 11) is 0. The molecule has 0 heterocycles. The standard InChI is InChI=1S/C70H62F2N10O4/c71-57-25-37-64(38-26-57)78-68(84)75-61-31-21-52(22-32-61)46-82(47-53-23-33-62(34-24-53)76-69(85)79-65-39-27-58(72)28-40-65)48-54-11-7-12-55(41-54)56-13-8-16-66(42-56)80-70(86)77-63-35-19-51(20-36-63)45-81(43-49-9-3-1-4-10-49)44-50-17-29-60(30-18-50)74-67(83)73-59-14-5-2-6-15-59/h1-42H,43-48H2,(H2,73,74,83)(H2,75,78,84)(H2,76,79,85)(H2,77,80,86). The summed E-state index contributed by atoms with van der Waals surface area (Å²) in [5, 5.41) is 22.8. The Morgan fingerprint density at radius 3 is 0.849 bits per heavy atom. The van der Waals surface area contributed by atoms with Gasteiger partial charge in [-0.05, 0) is 172 Å². The first-order valence-electron chi connectivity index (χ1n) is 27.9. The number of anilines is 8. The van der Waals surface area contributed by atoms with E-state index in [2.05, 4.69) is 76.6 Å². The van der Waals surface area contributed by atoms with E-state index in [1.807, 2.05) is 182 Å². The van der Waals surface area contributed by atoms with Gasteiger partial charge in [0, 0.05) is 84.8 Å². The third-order valence-corrected chi connectivity index (χ3v) is 13.7. The molecular formula is C70H62F2N10O4. The number of halogens is 2. The highest BCUT2D eigenvalue weighted by Gasteiger charge is 2.15. The van der Waals surface area contributed by atoms with Crippen molar-refractivity contribution < 1.29 is 28.0 Å². The Bertz CT molecular complexity index is 3750. The molecular weight excluding hydrogens is 1080 g/mol. The fourth-order valence-electron chi connectivity index (χ4n) is 9.63. The second kappa shape index (κ2) is 28.8. The van der Waals surface area contributed by atoms with E-state index < -0.39 is 23.7 Å². The van der Waals surface area contributed by atoms with Gasteiger partial charge in [-0.25, -0.2) is 28.0 Å². The summed E-state index contributed by atoms with van der Waals surface area (Å²) < 4.78 is 26.8. The van der Waals surface area contributed by atoms with Crippen LogP contribution in [0.5, 0.6) is 0 Å². The first kappa shape index (κ1) is 58.3. The van der Waals surface area contributed by atoms with E-state index in [0.717, 1.165) is 38.9 Å². The van der Waals surface area contributed by atoms with Crippen LogP contribution in [0.3, 0.4) is 0 Å². The molecule has 0 aromatic heterocycles. The van der Waals surface area contributed by atoms with Crippen LogP contribution in [-0.4, -0.2) is 33.9 Å². The molecule has 0 radical (unpaired) electrons. The van der Waals surface area contributed by atoms with Crippen LogP contribution in [0.25, 0.3) is 11.1 Å². The Morgan fingerprint density at radius 2 is 0.488 bits per heavy atom. The van der Waals surface area contributed by atoms with Gasteiger partial charge in [-0.15, -0.1) is 0 Å². The van der Waals surface area contributed by atoms with Gasteiger partial charge in [-0.3, -0.25) is 9.80 Å². The van der Waals surface area contributed by atoms with Gasteiger partial charge in [0.15, 0.2) is 0 Å². The third-order valence-electron chi connectivity index (χ3n) is 13.7. The molecule has 8 N–H and O–H groups in total. The summed E-state index contributed by atoms with van der Waals surface area (Å²) >= 11 is 0. The number of hydrogen-bond donors (Lipinski definition) is 8. The zero-order chi connectivity index (χ0) is 59.5. The molecule has 0 bridgehead atoms. The molecule has 0 aliphatic heterocycles. The molecule has 10 aromatic rings. The topological polar surface area (TPSA) is 171 Å². The zero-order valence-electron chi connectivity index (χ0n) is 46.8. The molecule has 0 saturated carbocycles. The predicted molar refractivity (Wildman–Crippen MR) is 340 cm³/mol. The number of urea groups is 4. The van der Waals surface area contributed by atoms with Gasteiger partial charge in [0.25, 0.3) is 0 Å². The Labute approximate surface area is 497 Å². The van der Waals surface area contributed by atoms with E-state index in [9.17, 15) is 28.0 Å². The van der Waals surface area contributed by atoms with E-state index in [-0.39, 0.29) is 12.1 Å². The van der Waals surface area contributed by atoms with E-state index in [4.69, 9.17) is 0 Å². The molecule has 10 rings (SSSR count). The largest absolute Gasteiger partial charge is 0.323 e. The summed E-state index contributed by atoms with van der Waals surface area (Å²) in [5.74, 6) is -0.793. The SMILES string of the molecule is O=C(Nc1ccccc1)Nc1ccc(CN(Cc2ccccc2)Cc2ccc(NC(=O)Nc3cccc(-c4cccc(CN(Cc5ccc(NC(=O)Nc6ccc(F)cc6)cc5)Cc5ccc(NC(=O)Nc6ccc(F)cc6)cc5)c4)c3)cc2)cc1. The fraction of sp³-hybridized carbons (Fsp3) is 0.0857. The van der Waals surface area contributed by atoms with Crippen molar-refractivity contribution in [1.82, 2.24) is 9.80 Å². The number of nitrogens with one attached hydrogen (secondary N) is 8. The maximum atomic E-state index is 13.5. The summed E-state index contributed by atoms with van der Waals surface area (Å²) in [6, 6.07) is 75.9. The number of carbonyl (C=O) groups is 4. The lowest BCUT2D eigenvalue weighted by atomic mass is 10.0. The van der Waals surface area contributed by atoms with Crippen molar-refractivity contribution in [2.24, 2.45) is 0 Å². The van der Waals surface area contributed by atoms with Crippen LogP contribution in [0.15, 0.2) is 255 Å². The van der Waals surface area contributed by atoms with E-state index >= 15 is 0 Å². The molecule has 0 fully saturated rings. The highest BCUT2D eigenvalue weighted by atomic mass is 19.1. The molecule has 0 unspecified atom stereocenters. The van der Waals surface area contributed by atoms with Crippen molar-refractivity contribution in [3.8, 4) is 11.1 Å². The molecule has 0 saturated heterocycles. The Hall–Kier alpha value is -10.9. The minimum absolute atomic E-state index is 0.313.